The quantitative estimate of drug-likeness (QED) is 0.0447. The molecule has 0 bridgehead atoms. The fraction of sp³-hybridized carbons (Fsp3) is 0.410. The molecule has 4 aromatic carbocycles. The molecule has 10 rings (SSSR count). The molecule has 6 N–H and O–H groups in total. The van der Waals surface area contributed by atoms with Gasteiger partial charge in [-0.3, -0.25) is 19.7 Å². The molecule has 3 fully saturated rings. The highest BCUT2D eigenvalue weighted by Crippen LogP contribution is 2.41. The zero-order valence-corrected chi connectivity index (χ0v) is 51.9. The first-order chi connectivity index (χ1) is 41.1. The number of anilines is 1. The summed E-state index contributed by atoms with van der Waals surface area (Å²) < 4.78 is 48.9. The van der Waals surface area contributed by atoms with E-state index < -0.39 is 39.9 Å². The van der Waals surface area contributed by atoms with Crippen LogP contribution in [0.5, 0.6) is 5.75 Å². The first kappa shape index (κ1) is 64.7. The van der Waals surface area contributed by atoms with Crippen molar-refractivity contribution in [2.24, 2.45) is 11.7 Å². The molecule has 6 aromatic rings. The van der Waals surface area contributed by atoms with E-state index in [2.05, 4.69) is 32.2 Å². The highest BCUT2D eigenvalue weighted by molar-refractivity contribution is 7.90. The number of aromatic nitrogens is 2. The first-order valence-electron chi connectivity index (χ1n) is 28.5. The molecule has 2 aromatic heterocycles. The average molecular weight is 1260 g/mol. The Labute approximate surface area is 515 Å². The van der Waals surface area contributed by atoms with Gasteiger partial charge in [-0.2, -0.15) is 5.06 Å². The molecule has 1 aliphatic carbocycles. The molecule has 21 nitrogen and oxygen atoms in total. The van der Waals surface area contributed by atoms with Gasteiger partial charge in [-0.1, -0.05) is 73.4 Å². The lowest BCUT2D eigenvalue weighted by Crippen LogP contribution is -2.48. The van der Waals surface area contributed by atoms with E-state index in [1.165, 1.54) is 17.0 Å². The minimum absolute atomic E-state index is 0.00639. The lowest BCUT2D eigenvalue weighted by atomic mass is 9.87. The molecule has 0 radical (unpaired) electrons. The van der Waals surface area contributed by atoms with Crippen molar-refractivity contribution in [2.45, 2.75) is 109 Å². The van der Waals surface area contributed by atoms with Gasteiger partial charge in [0.05, 0.1) is 42.0 Å². The number of nitrogens with one attached hydrogen (secondary N) is 3. The van der Waals surface area contributed by atoms with E-state index in [4.69, 9.17) is 43.1 Å². The lowest BCUT2D eigenvalue weighted by Gasteiger charge is -2.35. The molecule has 1 saturated carbocycles. The van der Waals surface area contributed by atoms with Gasteiger partial charge < -0.3 is 44.9 Å². The van der Waals surface area contributed by atoms with Crippen molar-refractivity contribution in [3.05, 3.63) is 153 Å². The predicted octanol–water partition coefficient (Wildman–Crippen LogP) is 10.0. The number of carbonyl (C=O) groups is 5. The van der Waals surface area contributed by atoms with Crippen molar-refractivity contribution in [3.8, 4) is 5.75 Å². The normalized spacial score (nSPS) is 19.9. The molecular formula is C61H74Cl2N10O11S2. The Balaban J connectivity index is 0.000000179. The average Bonchev–Trinajstić information content (AvgIpc) is 1.90. The van der Waals surface area contributed by atoms with Crippen LogP contribution in [0, 0.1) is 5.92 Å². The van der Waals surface area contributed by atoms with Crippen molar-refractivity contribution < 1.29 is 51.8 Å². The second-order valence-corrected chi connectivity index (χ2v) is 25.3. The summed E-state index contributed by atoms with van der Waals surface area (Å²) in [6.45, 7) is 14.1. The molecule has 3 atom stereocenters. The second-order valence-electron chi connectivity index (χ2n) is 21.7. The maximum absolute atomic E-state index is 12.5. The third kappa shape index (κ3) is 16.8. The lowest BCUT2D eigenvalue weighted by molar-refractivity contribution is -0.189. The number of thiophene rings is 1. The van der Waals surface area contributed by atoms with E-state index in [1.807, 2.05) is 90.2 Å². The van der Waals surface area contributed by atoms with Gasteiger partial charge in [-0.15, -0.1) is 11.3 Å². The van der Waals surface area contributed by atoms with Gasteiger partial charge in [0.2, 0.25) is 11.7 Å². The number of halogens is 2. The van der Waals surface area contributed by atoms with Crippen molar-refractivity contribution in [1.82, 2.24) is 39.8 Å². The fourth-order valence-electron chi connectivity index (χ4n) is 10.5. The molecular weight excluding hydrogens is 1180 g/mol. The third-order valence-electron chi connectivity index (χ3n) is 15.5. The SMILES string of the molecule is CC(=O)N1CCN(c2ccc(OC[C@H]3CO[C@](Cn4ccnc4)(c4ccc(Cl)cc4Cl)O3)cc2)CC1.CC(c1cc2ccccc2s1)N(O)C(N)=O.CCC1=C(C)CN(C(=O)NCCc2ccc(S(=O)(=O)NC(=O)NC3CCC(C)CC3)cc2)C1=O. The number of hydrogen-bond acceptors (Lipinski definition) is 14. The van der Waals surface area contributed by atoms with Gasteiger partial charge in [-0.25, -0.2) is 32.5 Å². The molecule has 1 unspecified atom stereocenters. The minimum Gasteiger partial charge on any atom is -0.491 e. The number of sulfonamides is 1. The number of piperazine rings is 1. The van der Waals surface area contributed by atoms with Crippen LogP contribution in [0.25, 0.3) is 10.1 Å². The number of nitrogens with zero attached hydrogens (tertiary/aromatic N) is 6. The number of fused-ring (bicyclic) bond motifs is 1. The minimum atomic E-state index is -3.98. The van der Waals surface area contributed by atoms with Crippen LogP contribution in [-0.4, -0.2) is 133 Å². The summed E-state index contributed by atoms with van der Waals surface area (Å²) in [6, 6.07) is 26.9. The Hall–Kier alpha value is -7.25. The summed E-state index contributed by atoms with van der Waals surface area (Å²) in [7, 11) is -3.98. The van der Waals surface area contributed by atoms with E-state index in [0.717, 1.165) is 89.4 Å². The highest BCUT2D eigenvalue weighted by Gasteiger charge is 2.45. The van der Waals surface area contributed by atoms with Crippen molar-refractivity contribution in [1.29, 1.82) is 0 Å². The zero-order chi connectivity index (χ0) is 61.7. The van der Waals surface area contributed by atoms with E-state index >= 15 is 0 Å². The van der Waals surface area contributed by atoms with Crippen LogP contribution in [0.3, 0.4) is 0 Å². The molecule has 0 spiro atoms. The summed E-state index contributed by atoms with van der Waals surface area (Å²) in [4.78, 5) is 69.5. The largest absolute Gasteiger partial charge is 0.491 e. The van der Waals surface area contributed by atoms with E-state index in [0.29, 0.717) is 77.9 Å². The van der Waals surface area contributed by atoms with Crippen LogP contribution in [0.2, 0.25) is 10.0 Å². The molecule has 8 amide bonds. The number of hydrogen-bond donors (Lipinski definition) is 5. The second kappa shape index (κ2) is 29.4. The van der Waals surface area contributed by atoms with E-state index in [-0.39, 0.29) is 28.9 Å². The molecule has 3 aliphatic heterocycles. The number of nitrogens with two attached hydrogens (primary N) is 1. The predicted molar refractivity (Wildman–Crippen MR) is 330 cm³/mol. The van der Waals surface area contributed by atoms with Crippen LogP contribution < -0.4 is 30.7 Å². The standard InChI is InChI=1S/C26H28Cl2N4O4.C24H34N4O5S.C11H12N2O2S/c1-19(33)31-10-12-32(13-11-31)21-3-5-22(6-4-21)34-15-23-16-35-26(36-23,17-30-9-8-29-18-30)24-7-2-20(27)14-25(24)28;1-4-21-17(3)15-28(22(21)29)24(31)25-14-13-18-7-11-20(12-8-18)34(32,33)27-23(30)26-19-9-5-16(2)6-10-19;1-7(13(15)11(12)14)10-6-8-4-2-3-5-9(8)16-10/h2-9,14,18,23H,10-13,15-17H2,1H3;7-8,11-12,16,19H,4-6,9-10,13-15H2,1-3H3,(H,25,31)(H2,26,27,30);2-7,15H,1H3,(H2,12,14)/t23-,26-;;/m0../s1. The molecule has 86 heavy (non-hydrogen) atoms. The van der Waals surface area contributed by atoms with Crippen molar-refractivity contribution >= 4 is 90.2 Å². The fourth-order valence-corrected chi connectivity index (χ4v) is 13.1. The van der Waals surface area contributed by atoms with Crippen LogP contribution in [0.1, 0.15) is 88.8 Å². The summed E-state index contributed by atoms with van der Waals surface area (Å²) in [5, 5.41) is 17.6. The number of benzene rings is 4. The molecule has 5 heterocycles. The summed E-state index contributed by atoms with van der Waals surface area (Å²) in [5.41, 5.74) is 9.24. The Bertz CT molecular complexity index is 3430. The van der Waals surface area contributed by atoms with Crippen molar-refractivity contribution in [3.63, 3.8) is 0 Å². The number of urea groups is 3. The van der Waals surface area contributed by atoms with Gasteiger partial charge in [0, 0.05) is 89.5 Å². The summed E-state index contributed by atoms with van der Waals surface area (Å²) in [6.07, 6.45) is 9.78. The number of carbonyl (C=O) groups excluding carboxylic acids is 5. The van der Waals surface area contributed by atoms with Crippen LogP contribution in [-0.2, 0) is 47.8 Å². The maximum atomic E-state index is 12.5. The van der Waals surface area contributed by atoms with E-state index in [1.54, 1.807) is 62.0 Å². The third-order valence-corrected chi connectivity index (χ3v) is 18.7. The summed E-state index contributed by atoms with van der Waals surface area (Å²) >= 11 is 14.2. The Morgan fingerprint density at radius 2 is 1.67 bits per heavy atom. The van der Waals surface area contributed by atoms with Crippen LogP contribution >= 0.6 is 34.5 Å². The van der Waals surface area contributed by atoms with Gasteiger partial charge in [0.1, 0.15) is 18.5 Å². The monoisotopic (exact) mass is 1260 g/mol. The van der Waals surface area contributed by atoms with Crippen LogP contribution in [0.4, 0.5) is 20.1 Å². The molecule has 460 valence electrons. The van der Waals surface area contributed by atoms with Gasteiger partial charge >= 0.3 is 18.1 Å². The molecule has 25 heteroatoms. The molecule has 4 aliphatic rings. The number of rotatable bonds is 16. The van der Waals surface area contributed by atoms with Crippen LogP contribution in [0.15, 0.2) is 132 Å². The number of primary amides is 1. The highest BCUT2D eigenvalue weighted by atomic mass is 35.5. The van der Waals surface area contributed by atoms with Crippen molar-refractivity contribution in [2.75, 3.05) is 57.4 Å². The number of imide groups is 1. The maximum Gasteiger partial charge on any atom is 0.339 e. The number of hydroxylamine groups is 2. The van der Waals surface area contributed by atoms with Gasteiger partial charge in [0.25, 0.3) is 15.9 Å². The number of amides is 8. The van der Waals surface area contributed by atoms with E-state index in [9.17, 15) is 37.6 Å². The molecule has 2 saturated heterocycles. The van der Waals surface area contributed by atoms with Gasteiger partial charge in [0.15, 0.2) is 0 Å². The topological polar surface area (TPSA) is 260 Å². The Morgan fingerprint density at radius 1 is 0.965 bits per heavy atom. The number of ether oxygens (including phenoxy) is 3. The van der Waals surface area contributed by atoms with Gasteiger partial charge in [-0.05, 0) is 135 Å². The summed E-state index contributed by atoms with van der Waals surface area (Å²) in [5.74, 6) is 0.184. The number of imidazole rings is 1. The Kier molecular flexibility index (Phi) is 22.2. The zero-order valence-electron chi connectivity index (χ0n) is 48.7. The first-order valence-corrected chi connectivity index (χ1v) is 31.6. The smallest absolute Gasteiger partial charge is 0.339 e. The Morgan fingerprint density at radius 3 is 2.30 bits per heavy atom.